The molecule has 2 fully saturated rings. The molecule has 2 atom stereocenters. The first-order valence-electron chi connectivity index (χ1n) is 10.5. The third-order valence-corrected chi connectivity index (χ3v) is 7.16. The van der Waals surface area contributed by atoms with Crippen LogP contribution >= 0.6 is 23.2 Å². The Bertz CT molecular complexity index is 846. The van der Waals surface area contributed by atoms with Crippen molar-refractivity contribution in [3.05, 3.63) is 69.7 Å². The first-order chi connectivity index (χ1) is 14.0. The fourth-order valence-corrected chi connectivity index (χ4v) is 5.19. The Morgan fingerprint density at radius 3 is 2.14 bits per heavy atom. The number of carbonyl (C=O) groups excluding carboxylic acids is 1. The molecule has 4 rings (SSSR count). The van der Waals surface area contributed by atoms with E-state index in [4.69, 9.17) is 23.2 Å². The maximum absolute atomic E-state index is 13.5. The quantitative estimate of drug-likeness (QED) is 0.629. The molecule has 1 heterocycles. The summed E-state index contributed by atoms with van der Waals surface area (Å²) in [5.41, 5.74) is 0.154. The predicted octanol–water partition coefficient (Wildman–Crippen LogP) is 5.72. The molecule has 2 aromatic carbocycles. The van der Waals surface area contributed by atoms with Crippen LogP contribution in [-0.4, -0.2) is 34.9 Å². The summed E-state index contributed by atoms with van der Waals surface area (Å²) in [6.07, 6.45) is 6.70. The van der Waals surface area contributed by atoms with Crippen molar-refractivity contribution >= 4 is 29.0 Å². The molecule has 0 bridgehead atoms. The van der Waals surface area contributed by atoms with Crippen molar-refractivity contribution in [3.63, 3.8) is 0 Å². The van der Waals surface area contributed by atoms with Crippen LogP contribution in [0.15, 0.2) is 48.5 Å². The molecule has 5 heteroatoms. The summed E-state index contributed by atoms with van der Waals surface area (Å²) in [6.45, 7) is 1.37. The minimum absolute atomic E-state index is 0.0281. The number of nitrogens with zero attached hydrogens (tertiary/aromatic N) is 1. The van der Waals surface area contributed by atoms with Gasteiger partial charge in [-0.15, -0.1) is 0 Å². The van der Waals surface area contributed by atoms with Crippen LogP contribution in [0.5, 0.6) is 0 Å². The van der Waals surface area contributed by atoms with E-state index in [0.29, 0.717) is 34.6 Å². The average molecular weight is 432 g/mol. The van der Waals surface area contributed by atoms with Gasteiger partial charge in [-0.1, -0.05) is 54.6 Å². The summed E-state index contributed by atoms with van der Waals surface area (Å²) in [5.74, 6) is -0.555. The van der Waals surface area contributed by atoms with E-state index in [-0.39, 0.29) is 5.78 Å². The van der Waals surface area contributed by atoms with Crippen LogP contribution in [0.4, 0.5) is 0 Å². The van der Waals surface area contributed by atoms with Crippen LogP contribution < -0.4 is 0 Å². The van der Waals surface area contributed by atoms with Crippen molar-refractivity contribution in [3.8, 4) is 0 Å². The van der Waals surface area contributed by atoms with Crippen molar-refractivity contribution in [1.82, 2.24) is 4.90 Å². The molecule has 1 N–H and O–H groups in total. The minimum Gasteiger partial charge on any atom is -0.384 e. The molecule has 1 saturated carbocycles. The molecule has 2 aliphatic rings. The third-order valence-electron chi connectivity index (χ3n) is 6.65. The number of rotatable bonds is 4. The molecule has 29 heavy (non-hydrogen) atoms. The van der Waals surface area contributed by atoms with Crippen molar-refractivity contribution < 1.29 is 9.90 Å². The van der Waals surface area contributed by atoms with E-state index in [1.165, 1.54) is 32.1 Å². The third kappa shape index (κ3) is 4.39. The SMILES string of the molecule is O=C(c1ccc(Cl)cc1)C1CN(C2CCCCC2)CCC1(O)c1ccc(Cl)cc1. The molecule has 1 saturated heterocycles. The summed E-state index contributed by atoms with van der Waals surface area (Å²) >= 11 is 12.1. The lowest BCUT2D eigenvalue weighted by Crippen LogP contribution is -2.55. The Hall–Kier alpha value is -1.39. The molecular formula is C24H27Cl2NO2. The molecule has 1 aliphatic heterocycles. The fraction of sp³-hybridized carbons (Fsp3) is 0.458. The van der Waals surface area contributed by atoms with Gasteiger partial charge in [-0.05, 0) is 61.2 Å². The standard InChI is InChI=1S/C24H27Cl2NO2/c25-19-10-6-17(7-11-19)23(28)22-16-27(21-4-2-1-3-5-21)15-14-24(22,29)18-8-12-20(26)13-9-18/h6-13,21-22,29H,1-5,14-16H2. The molecule has 1 aliphatic carbocycles. The van der Waals surface area contributed by atoms with E-state index in [1.54, 1.807) is 36.4 Å². The topological polar surface area (TPSA) is 40.5 Å². The normalized spacial score (nSPS) is 26.4. The Balaban J connectivity index is 1.67. The number of carbonyl (C=O) groups is 1. The van der Waals surface area contributed by atoms with Gasteiger partial charge in [0.1, 0.15) is 5.60 Å². The molecule has 154 valence electrons. The Morgan fingerprint density at radius 2 is 1.52 bits per heavy atom. The van der Waals surface area contributed by atoms with Crippen molar-refractivity contribution in [1.29, 1.82) is 0 Å². The van der Waals surface area contributed by atoms with Gasteiger partial charge in [-0.3, -0.25) is 9.69 Å². The van der Waals surface area contributed by atoms with Crippen LogP contribution in [0, 0.1) is 5.92 Å². The smallest absolute Gasteiger partial charge is 0.170 e. The first-order valence-corrected chi connectivity index (χ1v) is 11.3. The monoisotopic (exact) mass is 431 g/mol. The van der Waals surface area contributed by atoms with Gasteiger partial charge >= 0.3 is 0 Å². The molecule has 3 nitrogen and oxygen atoms in total. The summed E-state index contributed by atoms with van der Waals surface area (Å²) < 4.78 is 0. The lowest BCUT2D eigenvalue weighted by atomic mass is 9.72. The summed E-state index contributed by atoms with van der Waals surface area (Å²) in [4.78, 5) is 16.0. The van der Waals surface area contributed by atoms with Crippen molar-refractivity contribution in [2.75, 3.05) is 13.1 Å². The van der Waals surface area contributed by atoms with Crippen molar-refractivity contribution in [2.24, 2.45) is 5.92 Å². The summed E-state index contributed by atoms with van der Waals surface area (Å²) in [7, 11) is 0. The lowest BCUT2D eigenvalue weighted by molar-refractivity contribution is -0.0749. The number of ketones is 1. The molecule has 0 spiro atoms. The molecule has 2 unspecified atom stereocenters. The van der Waals surface area contributed by atoms with Gasteiger partial charge in [0, 0.05) is 34.7 Å². The number of benzene rings is 2. The van der Waals surface area contributed by atoms with Crippen LogP contribution in [-0.2, 0) is 5.60 Å². The Kier molecular flexibility index (Phi) is 6.31. The van der Waals surface area contributed by atoms with Gasteiger partial charge in [-0.2, -0.15) is 0 Å². The number of halogens is 2. The van der Waals surface area contributed by atoms with E-state index < -0.39 is 11.5 Å². The second kappa shape index (κ2) is 8.77. The second-order valence-corrected chi connectivity index (χ2v) is 9.26. The van der Waals surface area contributed by atoms with Gasteiger partial charge < -0.3 is 5.11 Å². The van der Waals surface area contributed by atoms with Crippen LogP contribution in [0.2, 0.25) is 10.0 Å². The Morgan fingerprint density at radius 1 is 0.931 bits per heavy atom. The van der Waals surface area contributed by atoms with Gasteiger partial charge in [-0.25, -0.2) is 0 Å². The number of aliphatic hydroxyl groups is 1. The zero-order valence-corrected chi connectivity index (χ0v) is 18.0. The van der Waals surface area contributed by atoms with Gasteiger partial charge in [0.05, 0.1) is 5.92 Å². The number of likely N-dealkylation sites (tertiary alicyclic amines) is 1. The number of hydrogen-bond acceptors (Lipinski definition) is 3. The molecule has 2 aromatic rings. The summed E-state index contributed by atoms with van der Waals surface area (Å²) in [5, 5.41) is 13.0. The molecule has 0 aromatic heterocycles. The maximum atomic E-state index is 13.5. The van der Waals surface area contributed by atoms with Crippen molar-refractivity contribution in [2.45, 2.75) is 50.2 Å². The average Bonchev–Trinajstić information content (AvgIpc) is 2.75. The lowest BCUT2D eigenvalue weighted by Gasteiger charge is -2.47. The van der Waals surface area contributed by atoms with Gasteiger partial charge in [0.25, 0.3) is 0 Å². The van der Waals surface area contributed by atoms with Gasteiger partial charge in [0.2, 0.25) is 0 Å². The van der Waals surface area contributed by atoms with E-state index in [1.807, 2.05) is 12.1 Å². The predicted molar refractivity (Wildman–Crippen MR) is 118 cm³/mol. The largest absolute Gasteiger partial charge is 0.384 e. The van der Waals surface area contributed by atoms with Gasteiger partial charge in [0.15, 0.2) is 5.78 Å². The first kappa shape index (κ1) is 20.9. The highest BCUT2D eigenvalue weighted by Gasteiger charge is 2.47. The molecule has 0 amide bonds. The number of piperidine rings is 1. The zero-order valence-electron chi connectivity index (χ0n) is 16.5. The molecule has 0 radical (unpaired) electrons. The maximum Gasteiger partial charge on any atom is 0.170 e. The van der Waals surface area contributed by atoms with Crippen LogP contribution in [0.1, 0.15) is 54.4 Å². The number of Topliss-reactive ketones (excluding diaryl/α,β-unsaturated/α-hetero) is 1. The molecular weight excluding hydrogens is 405 g/mol. The fourth-order valence-electron chi connectivity index (χ4n) is 4.94. The van der Waals surface area contributed by atoms with Crippen LogP contribution in [0.25, 0.3) is 0 Å². The van der Waals surface area contributed by atoms with Crippen LogP contribution in [0.3, 0.4) is 0 Å². The Labute approximate surface area is 182 Å². The highest BCUT2D eigenvalue weighted by molar-refractivity contribution is 6.30. The summed E-state index contributed by atoms with van der Waals surface area (Å²) in [6, 6.07) is 14.8. The number of hydrogen-bond donors (Lipinski definition) is 1. The van der Waals surface area contributed by atoms with E-state index >= 15 is 0 Å². The van der Waals surface area contributed by atoms with E-state index in [0.717, 1.165) is 12.1 Å². The van der Waals surface area contributed by atoms with E-state index in [2.05, 4.69) is 4.90 Å². The highest BCUT2D eigenvalue weighted by Crippen LogP contribution is 2.41. The zero-order chi connectivity index (χ0) is 20.4. The highest BCUT2D eigenvalue weighted by atomic mass is 35.5. The second-order valence-electron chi connectivity index (χ2n) is 8.39. The van der Waals surface area contributed by atoms with E-state index in [9.17, 15) is 9.90 Å². The minimum atomic E-state index is -1.20.